The second kappa shape index (κ2) is 5.59. The van der Waals surface area contributed by atoms with Gasteiger partial charge < -0.3 is 0 Å². The highest BCUT2D eigenvalue weighted by atomic mass is 16.2. The van der Waals surface area contributed by atoms with Gasteiger partial charge in [0.2, 0.25) is 11.8 Å². The topological polar surface area (TPSA) is 88.2 Å². The average molecular weight is 221 g/mol. The molecule has 16 heavy (non-hydrogen) atoms. The van der Waals surface area contributed by atoms with E-state index < -0.39 is 17.8 Å². The summed E-state index contributed by atoms with van der Waals surface area (Å²) in [6.07, 6.45) is 3.32. The van der Waals surface area contributed by atoms with Crippen molar-refractivity contribution in [2.75, 3.05) is 0 Å². The zero-order valence-corrected chi connectivity index (χ0v) is 8.69. The molecule has 0 radical (unpaired) electrons. The maximum Gasteiger partial charge on any atom is 0.328 e. The Balaban J connectivity index is 0.000000165. The molecule has 1 aliphatic heterocycles. The summed E-state index contributed by atoms with van der Waals surface area (Å²) in [5, 5.41) is 3.80. The molecule has 0 unspecified atom stereocenters. The summed E-state index contributed by atoms with van der Waals surface area (Å²) >= 11 is 0. The molecule has 2 heterocycles. The van der Waals surface area contributed by atoms with Crippen LogP contribution in [0.5, 0.6) is 0 Å². The van der Waals surface area contributed by atoms with E-state index in [2.05, 4.69) is 4.98 Å². The number of nitrogens with zero attached hydrogens (tertiary/aromatic N) is 1. The van der Waals surface area contributed by atoms with E-state index in [-0.39, 0.29) is 6.42 Å². The molecule has 84 valence electrons. The molecule has 0 aliphatic carbocycles. The molecule has 2 N–H and O–H groups in total. The van der Waals surface area contributed by atoms with Gasteiger partial charge in [0.25, 0.3) is 0 Å². The van der Waals surface area contributed by atoms with E-state index in [0.29, 0.717) is 0 Å². The van der Waals surface area contributed by atoms with E-state index in [1.165, 1.54) is 5.56 Å². The number of carbonyl (C=O) groups excluding carboxylic acids is 3. The molecule has 1 fully saturated rings. The molecule has 6 heteroatoms. The van der Waals surface area contributed by atoms with Crippen LogP contribution in [0.25, 0.3) is 0 Å². The molecule has 1 aliphatic rings. The number of carbonyl (C=O) groups is 3. The molecule has 1 aromatic rings. The molecule has 1 aromatic heterocycles. The Morgan fingerprint density at radius 3 is 1.88 bits per heavy atom. The van der Waals surface area contributed by atoms with Gasteiger partial charge in [0.15, 0.2) is 0 Å². The third kappa shape index (κ3) is 4.32. The van der Waals surface area contributed by atoms with E-state index in [1.54, 1.807) is 12.4 Å². The maximum atomic E-state index is 10.3. The van der Waals surface area contributed by atoms with Crippen molar-refractivity contribution < 1.29 is 14.4 Å². The van der Waals surface area contributed by atoms with Gasteiger partial charge in [-0.05, 0) is 24.6 Å². The highest BCUT2D eigenvalue weighted by Gasteiger charge is 2.20. The Bertz CT molecular complexity index is 358. The fourth-order valence-corrected chi connectivity index (χ4v) is 0.945. The van der Waals surface area contributed by atoms with E-state index in [1.807, 2.05) is 29.7 Å². The molecular weight excluding hydrogens is 210 g/mol. The number of imide groups is 2. The van der Waals surface area contributed by atoms with Crippen LogP contribution in [0.4, 0.5) is 4.79 Å². The number of aromatic nitrogens is 1. The van der Waals surface area contributed by atoms with Crippen LogP contribution in [-0.4, -0.2) is 22.8 Å². The van der Waals surface area contributed by atoms with Crippen molar-refractivity contribution >= 4 is 17.8 Å². The van der Waals surface area contributed by atoms with Crippen LogP contribution in [0.3, 0.4) is 0 Å². The first kappa shape index (κ1) is 11.8. The van der Waals surface area contributed by atoms with E-state index >= 15 is 0 Å². The van der Waals surface area contributed by atoms with Crippen LogP contribution >= 0.6 is 0 Å². The first-order valence-corrected chi connectivity index (χ1v) is 4.58. The molecule has 4 amide bonds. The molecule has 2 rings (SSSR count). The SMILES string of the molecule is Cc1ccncc1.O=C1CC(=O)NC(=O)N1. The molecule has 0 bridgehead atoms. The maximum absolute atomic E-state index is 10.3. The minimum Gasteiger partial charge on any atom is -0.277 e. The second-order valence-corrected chi connectivity index (χ2v) is 3.13. The lowest BCUT2D eigenvalue weighted by Crippen LogP contribution is -2.49. The Labute approximate surface area is 92.1 Å². The summed E-state index contributed by atoms with van der Waals surface area (Å²) in [5.41, 5.74) is 1.26. The van der Waals surface area contributed by atoms with Gasteiger partial charge in [-0.15, -0.1) is 0 Å². The van der Waals surface area contributed by atoms with Crippen molar-refractivity contribution in [2.45, 2.75) is 13.3 Å². The van der Waals surface area contributed by atoms with Crippen molar-refractivity contribution in [3.63, 3.8) is 0 Å². The van der Waals surface area contributed by atoms with Crippen LogP contribution in [0.15, 0.2) is 24.5 Å². The standard InChI is InChI=1S/C6H7N.C4H4N2O3/c1-6-2-4-7-5-3-6;7-2-1-3(8)6-4(9)5-2/h2-5H,1H3;1H2,(H2,5,6,7,8,9). The lowest BCUT2D eigenvalue weighted by molar-refractivity contribution is -0.129. The Morgan fingerprint density at radius 1 is 1.06 bits per heavy atom. The summed E-state index contributed by atoms with van der Waals surface area (Å²) in [6.45, 7) is 2.04. The van der Waals surface area contributed by atoms with Crippen molar-refractivity contribution in [1.29, 1.82) is 0 Å². The summed E-state index contributed by atoms with van der Waals surface area (Å²) < 4.78 is 0. The molecular formula is C10H11N3O3. The van der Waals surface area contributed by atoms with Gasteiger partial charge in [-0.1, -0.05) is 0 Å². The number of hydrogen-bond donors (Lipinski definition) is 2. The van der Waals surface area contributed by atoms with Crippen molar-refractivity contribution in [3.8, 4) is 0 Å². The van der Waals surface area contributed by atoms with Crippen LogP contribution in [0, 0.1) is 6.92 Å². The fourth-order valence-electron chi connectivity index (χ4n) is 0.945. The summed E-state index contributed by atoms with van der Waals surface area (Å²) in [5.74, 6) is -1.10. The number of aryl methyl sites for hydroxylation is 1. The zero-order chi connectivity index (χ0) is 12.0. The van der Waals surface area contributed by atoms with Crippen molar-refractivity contribution in [2.24, 2.45) is 0 Å². The number of pyridine rings is 1. The van der Waals surface area contributed by atoms with E-state index in [0.717, 1.165) is 0 Å². The Morgan fingerprint density at radius 2 is 1.56 bits per heavy atom. The van der Waals surface area contributed by atoms with Crippen LogP contribution in [0.1, 0.15) is 12.0 Å². The Hall–Kier alpha value is -2.24. The fraction of sp³-hybridized carbons (Fsp3) is 0.200. The first-order valence-electron chi connectivity index (χ1n) is 4.58. The number of rotatable bonds is 0. The quantitative estimate of drug-likeness (QED) is 0.609. The molecule has 0 atom stereocenters. The van der Waals surface area contributed by atoms with Gasteiger partial charge in [0, 0.05) is 12.4 Å². The lowest BCUT2D eigenvalue weighted by Gasteiger charge is -2.09. The van der Waals surface area contributed by atoms with Gasteiger partial charge in [-0.2, -0.15) is 0 Å². The summed E-state index contributed by atoms with van der Waals surface area (Å²) in [7, 11) is 0. The number of nitrogens with one attached hydrogen (secondary N) is 2. The average Bonchev–Trinajstić information content (AvgIpc) is 2.17. The van der Waals surface area contributed by atoms with Gasteiger partial charge in [0.05, 0.1) is 0 Å². The van der Waals surface area contributed by atoms with Crippen LogP contribution < -0.4 is 10.6 Å². The number of barbiturate groups is 1. The molecule has 1 saturated heterocycles. The number of hydrogen-bond acceptors (Lipinski definition) is 4. The first-order chi connectivity index (χ1) is 7.58. The van der Waals surface area contributed by atoms with Crippen molar-refractivity contribution in [3.05, 3.63) is 30.1 Å². The second-order valence-electron chi connectivity index (χ2n) is 3.13. The zero-order valence-electron chi connectivity index (χ0n) is 8.69. The largest absolute Gasteiger partial charge is 0.328 e. The third-order valence-corrected chi connectivity index (χ3v) is 1.67. The van der Waals surface area contributed by atoms with Gasteiger partial charge in [-0.25, -0.2) is 4.79 Å². The van der Waals surface area contributed by atoms with Gasteiger partial charge >= 0.3 is 6.03 Å². The van der Waals surface area contributed by atoms with E-state index in [4.69, 9.17) is 0 Å². The number of urea groups is 1. The third-order valence-electron chi connectivity index (χ3n) is 1.67. The summed E-state index contributed by atoms with van der Waals surface area (Å²) in [4.78, 5) is 34.6. The smallest absolute Gasteiger partial charge is 0.277 e. The lowest BCUT2D eigenvalue weighted by atomic mass is 10.3. The van der Waals surface area contributed by atoms with E-state index in [9.17, 15) is 14.4 Å². The molecule has 0 aromatic carbocycles. The summed E-state index contributed by atoms with van der Waals surface area (Å²) in [6, 6.07) is 3.20. The highest BCUT2D eigenvalue weighted by Crippen LogP contribution is 1.88. The predicted octanol–water partition coefficient (Wildman–Crippen LogP) is 0.133. The molecule has 0 saturated carbocycles. The Kier molecular flexibility index (Phi) is 4.14. The molecule has 0 spiro atoms. The monoisotopic (exact) mass is 221 g/mol. The minimum atomic E-state index is -0.740. The van der Waals surface area contributed by atoms with Crippen LogP contribution in [-0.2, 0) is 9.59 Å². The molecule has 6 nitrogen and oxygen atoms in total. The predicted molar refractivity (Wildman–Crippen MR) is 55.3 cm³/mol. The number of amides is 4. The van der Waals surface area contributed by atoms with Gasteiger partial charge in [0.1, 0.15) is 6.42 Å². The van der Waals surface area contributed by atoms with Crippen molar-refractivity contribution in [1.82, 2.24) is 15.6 Å². The normalized spacial score (nSPS) is 14.4. The van der Waals surface area contributed by atoms with Gasteiger partial charge in [-0.3, -0.25) is 25.2 Å². The van der Waals surface area contributed by atoms with Crippen LogP contribution in [0.2, 0.25) is 0 Å². The minimum absolute atomic E-state index is 0.258. The highest BCUT2D eigenvalue weighted by molar-refractivity contribution is 6.14.